The Morgan fingerprint density at radius 3 is 2.62 bits per heavy atom. The Morgan fingerprint density at radius 2 is 2.00 bits per heavy atom. The lowest BCUT2D eigenvalue weighted by Crippen LogP contribution is -2.29. The SMILES string of the molecule is CCCOc1cncc(C(NN)c2c(Cl)cccc2Cl)c1. The van der Waals surface area contributed by atoms with Crippen LogP contribution in [-0.2, 0) is 0 Å². The highest BCUT2D eigenvalue weighted by Crippen LogP contribution is 2.34. The average molecular weight is 326 g/mol. The van der Waals surface area contributed by atoms with Crippen molar-refractivity contribution < 1.29 is 4.74 Å². The van der Waals surface area contributed by atoms with Gasteiger partial charge in [0.05, 0.1) is 18.8 Å². The zero-order chi connectivity index (χ0) is 15.2. The third kappa shape index (κ3) is 3.86. The summed E-state index contributed by atoms with van der Waals surface area (Å²) in [5.41, 5.74) is 4.29. The number of nitrogens with one attached hydrogen (secondary N) is 1. The minimum atomic E-state index is -0.358. The maximum absolute atomic E-state index is 6.24. The summed E-state index contributed by atoms with van der Waals surface area (Å²) in [7, 11) is 0. The zero-order valence-electron chi connectivity index (χ0n) is 11.6. The van der Waals surface area contributed by atoms with Crippen LogP contribution in [0.1, 0.15) is 30.5 Å². The molecule has 0 radical (unpaired) electrons. The summed E-state index contributed by atoms with van der Waals surface area (Å²) in [4.78, 5) is 4.18. The van der Waals surface area contributed by atoms with Gasteiger partial charge in [0.2, 0.25) is 0 Å². The van der Waals surface area contributed by atoms with Crippen LogP contribution in [-0.4, -0.2) is 11.6 Å². The van der Waals surface area contributed by atoms with Gasteiger partial charge < -0.3 is 4.74 Å². The lowest BCUT2D eigenvalue weighted by Gasteiger charge is -2.19. The molecule has 0 fully saturated rings. The van der Waals surface area contributed by atoms with E-state index in [0.29, 0.717) is 22.4 Å². The quantitative estimate of drug-likeness (QED) is 0.627. The number of aromatic nitrogens is 1. The number of hydrazine groups is 1. The van der Waals surface area contributed by atoms with Gasteiger partial charge in [0.1, 0.15) is 5.75 Å². The van der Waals surface area contributed by atoms with Crippen molar-refractivity contribution in [3.05, 3.63) is 57.8 Å². The van der Waals surface area contributed by atoms with Gasteiger partial charge in [0, 0.05) is 21.8 Å². The summed E-state index contributed by atoms with van der Waals surface area (Å²) in [5, 5.41) is 1.09. The maximum atomic E-state index is 6.24. The highest BCUT2D eigenvalue weighted by atomic mass is 35.5. The normalized spacial score (nSPS) is 12.2. The van der Waals surface area contributed by atoms with E-state index in [1.807, 2.05) is 13.0 Å². The van der Waals surface area contributed by atoms with E-state index in [-0.39, 0.29) is 6.04 Å². The van der Waals surface area contributed by atoms with Crippen molar-refractivity contribution in [1.29, 1.82) is 0 Å². The van der Waals surface area contributed by atoms with E-state index in [4.69, 9.17) is 33.8 Å². The van der Waals surface area contributed by atoms with Crippen LogP contribution < -0.4 is 16.0 Å². The summed E-state index contributed by atoms with van der Waals surface area (Å²) < 4.78 is 5.59. The molecule has 0 saturated carbocycles. The average Bonchev–Trinajstić information content (AvgIpc) is 2.49. The zero-order valence-corrected chi connectivity index (χ0v) is 13.2. The van der Waals surface area contributed by atoms with Crippen molar-refractivity contribution in [3.63, 3.8) is 0 Å². The Kier molecular flexibility index (Phi) is 5.82. The number of ether oxygens (including phenoxy) is 1. The van der Waals surface area contributed by atoms with E-state index >= 15 is 0 Å². The van der Waals surface area contributed by atoms with Crippen LogP contribution in [0.3, 0.4) is 0 Å². The summed E-state index contributed by atoms with van der Waals surface area (Å²) >= 11 is 12.5. The topological polar surface area (TPSA) is 60.2 Å². The summed E-state index contributed by atoms with van der Waals surface area (Å²) in [6.07, 6.45) is 4.31. The standard InChI is InChI=1S/C15H17Cl2N3O/c1-2-6-21-11-7-10(8-19-9-11)15(20-18)14-12(16)4-3-5-13(14)17/h3-5,7-9,15,20H,2,6,18H2,1H3. The molecule has 4 nitrogen and oxygen atoms in total. The number of rotatable bonds is 6. The van der Waals surface area contributed by atoms with Crippen molar-refractivity contribution in [1.82, 2.24) is 10.4 Å². The van der Waals surface area contributed by atoms with Crippen molar-refractivity contribution >= 4 is 23.2 Å². The Bertz CT molecular complexity index is 587. The Balaban J connectivity index is 2.37. The highest BCUT2D eigenvalue weighted by Gasteiger charge is 2.19. The Labute approximate surface area is 134 Å². The molecule has 112 valence electrons. The number of hydrogen-bond donors (Lipinski definition) is 2. The van der Waals surface area contributed by atoms with Crippen LogP contribution >= 0.6 is 23.2 Å². The Hall–Kier alpha value is -1.33. The van der Waals surface area contributed by atoms with Gasteiger partial charge in [0.25, 0.3) is 0 Å². The van der Waals surface area contributed by atoms with E-state index < -0.39 is 0 Å². The van der Waals surface area contributed by atoms with Gasteiger partial charge in [-0.3, -0.25) is 10.8 Å². The van der Waals surface area contributed by atoms with Gasteiger partial charge >= 0.3 is 0 Å². The number of pyridine rings is 1. The number of nitrogens with zero attached hydrogens (tertiary/aromatic N) is 1. The maximum Gasteiger partial charge on any atom is 0.137 e. The first-order valence-corrected chi connectivity index (χ1v) is 7.40. The molecule has 0 aliphatic carbocycles. The first kappa shape index (κ1) is 16.0. The summed E-state index contributed by atoms with van der Waals surface area (Å²) in [5.74, 6) is 6.38. The lowest BCUT2D eigenvalue weighted by molar-refractivity contribution is 0.315. The van der Waals surface area contributed by atoms with E-state index in [2.05, 4.69) is 10.4 Å². The van der Waals surface area contributed by atoms with Crippen LogP contribution in [0.4, 0.5) is 0 Å². The molecule has 0 bridgehead atoms. The van der Waals surface area contributed by atoms with E-state index in [1.165, 1.54) is 0 Å². The van der Waals surface area contributed by atoms with Crippen molar-refractivity contribution in [2.75, 3.05) is 6.61 Å². The van der Waals surface area contributed by atoms with Crippen molar-refractivity contribution in [2.45, 2.75) is 19.4 Å². The second kappa shape index (κ2) is 7.61. The third-order valence-electron chi connectivity index (χ3n) is 3.00. The molecule has 0 saturated heterocycles. The van der Waals surface area contributed by atoms with Crippen molar-refractivity contribution in [3.8, 4) is 5.75 Å². The molecule has 0 aliphatic rings. The fourth-order valence-corrected chi connectivity index (χ4v) is 2.64. The molecule has 2 rings (SSSR count). The highest BCUT2D eigenvalue weighted by molar-refractivity contribution is 6.36. The summed E-state index contributed by atoms with van der Waals surface area (Å²) in [6.45, 7) is 2.68. The van der Waals surface area contributed by atoms with Crippen LogP contribution in [0.2, 0.25) is 10.0 Å². The monoisotopic (exact) mass is 325 g/mol. The molecule has 2 aromatic rings. The molecule has 1 heterocycles. The van der Waals surface area contributed by atoms with Gasteiger partial charge in [-0.25, -0.2) is 5.43 Å². The first-order chi connectivity index (χ1) is 10.2. The second-order valence-electron chi connectivity index (χ2n) is 4.54. The predicted octanol–water partition coefficient (Wildman–Crippen LogP) is 3.73. The van der Waals surface area contributed by atoms with E-state index in [1.54, 1.807) is 30.6 Å². The number of benzene rings is 1. The molecular weight excluding hydrogens is 309 g/mol. The van der Waals surface area contributed by atoms with Crippen LogP contribution in [0.25, 0.3) is 0 Å². The molecule has 1 aromatic heterocycles. The smallest absolute Gasteiger partial charge is 0.137 e. The molecule has 21 heavy (non-hydrogen) atoms. The lowest BCUT2D eigenvalue weighted by atomic mass is 10.0. The summed E-state index contributed by atoms with van der Waals surface area (Å²) in [6, 6.07) is 6.87. The van der Waals surface area contributed by atoms with Crippen molar-refractivity contribution in [2.24, 2.45) is 5.84 Å². The van der Waals surface area contributed by atoms with Gasteiger partial charge in [-0.05, 0) is 30.2 Å². The largest absolute Gasteiger partial charge is 0.492 e. The molecule has 6 heteroatoms. The van der Waals surface area contributed by atoms with Gasteiger partial charge in [0.15, 0.2) is 0 Å². The minimum absolute atomic E-state index is 0.358. The van der Waals surface area contributed by atoms with Gasteiger partial charge in [-0.2, -0.15) is 0 Å². The van der Waals surface area contributed by atoms with Gasteiger partial charge in [-0.15, -0.1) is 0 Å². The fourth-order valence-electron chi connectivity index (χ4n) is 2.03. The fraction of sp³-hybridized carbons (Fsp3) is 0.267. The van der Waals surface area contributed by atoms with Gasteiger partial charge in [-0.1, -0.05) is 36.2 Å². The Morgan fingerprint density at radius 1 is 1.29 bits per heavy atom. The first-order valence-electron chi connectivity index (χ1n) is 6.65. The number of nitrogens with two attached hydrogens (primary N) is 1. The third-order valence-corrected chi connectivity index (χ3v) is 3.65. The van der Waals surface area contributed by atoms with Crippen LogP contribution in [0.15, 0.2) is 36.7 Å². The molecule has 3 N–H and O–H groups in total. The van der Waals surface area contributed by atoms with E-state index in [9.17, 15) is 0 Å². The molecule has 1 unspecified atom stereocenters. The predicted molar refractivity (Wildman–Crippen MR) is 85.7 cm³/mol. The molecule has 0 amide bonds. The second-order valence-corrected chi connectivity index (χ2v) is 5.35. The van der Waals surface area contributed by atoms with Crippen LogP contribution in [0.5, 0.6) is 5.75 Å². The molecule has 1 aromatic carbocycles. The molecule has 1 atom stereocenters. The van der Waals surface area contributed by atoms with E-state index in [0.717, 1.165) is 17.5 Å². The van der Waals surface area contributed by atoms with Crippen LogP contribution in [0, 0.1) is 0 Å². The number of hydrogen-bond acceptors (Lipinski definition) is 4. The molecular formula is C15H17Cl2N3O. The minimum Gasteiger partial charge on any atom is -0.492 e. The number of halogens is 2. The molecule has 0 spiro atoms. The molecule has 0 aliphatic heterocycles.